The minimum atomic E-state index is -0.610. The van der Waals surface area contributed by atoms with Crippen molar-refractivity contribution in [3.8, 4) is 0 Å². The van der Waals surface area contributed by atoms with E-state index in [4.69, 9.17) is 18.9 Å². The molecule has 34 heavy (non-hydrogen) atoms. The molecule has 0 saturated heterocycles. The van der Waals surface area contributed by atoms with Crippen molar-refractivity contribution < 1.29 is 39.4 Å². The van der Waals surface area contributed by atoms with Gasteiger partial charge in [0.2, 0.25) is 0 Å². The fraction of sp³-hybridized carbons (Fsp3) is 1.00. The highest BCUT2D eigenvalue weighted by Crippen LogP contribution is 2.65. The average Bonchev–Trinajstić information content (AvgIpc) is 2.82. The van der Waals surface area contributed by atoms with Crippen LogP contribution in [-0.4, -0.2) is 111 Å². The highest BCUT2D eigenvalue weighted by atomic mass is 127. The number of rotatable bonds is 16. The van der Waals surface area contributed by atoms with Crippen molar-refractivity contribution in [1.29, 1.82) is 0 Å². The number of hydrogen-bond donors (Lipinski definition) is 4. The van der Waals surface area contributed by atoms with Crippen LogP contribution in [0, 0.1) is 0 Å². The van der Waals surface area contributed by atoms with Crippen LogP contribution in [0.15, 0.2) is 0 Å². The highest BCUT2D eigenvalue weighted by Gasteiger charge is 2.71. The molecule has 4 aliphatic rings. The fourth-order valence-electron chi connectivity index (χ4n) is 6.16. The van der Waals surface area contributed by atoms with E-state index in [2.05, 4.69) is 90.4 Å². The van der Waals surface area contributed by atoms with Gasteiger partial charge in [0.25, 0.3) is 0 Å². The molecule has 0 aromatic carbocycles. The van der Waals surface area contributed by atoms with E-state index in [1.807, 2.05) is 0 Å². The topological polar surface area (TPSA) is 118 Å². The predicted octanol–water partition coefficient (Wildman–Crippen LogP) is 2.57. The van der Waals surface area contributed by atoms with Crippen LogP contribution in [-0.2, 0) is 18.9 Å². The van der Waals surface area contributed by atoms with E-state index in [-0.39, 0.29) is 26.4 Å². The normalized spacial score (nSPS) is 38.1. The van der Waals surface area contributed by atoms with Gasteiger partial charge in [0.1, 0.15) is 0 Å². The van der Waals surface area contributed by atoms with Crippen LogP contribution in [0.2, 0.25) is 0 Å². The summed E-state index contributed by atoms with van der Waals surface area (Å²) in [7, 11) is 0. The lowest BCUT2D eigenvalue weighted by Crippen LogP contribution is -2.74. The Balaban J connectivity index is 1.93. The third-order valence-electron chi connectivity index (χ3n) is 6.91. The Morgan fingerprint density at radius 2 is 0.618 bits per heavy atom. The molecule has 4 rings (SSSR count). The van der Waals surface area contributed by atoms with Crippen molar-refractivity contribution in [2.45, 2.75) is 85.3 Å². The second kappa shape index (κ2) is 13.3. The first-order chi connectivity index (χ1) is 16.1. The van der Waals surface area contributed by atoms with Crippen LogP contribution in [0.1, 0.15) is 38.5 Å². The molecule has 4 bridgehead atoms. The molecule has 12 heteroatoms. The smallest absolute Gasteiger partial charge is 0.0863 e. The molecular formula is C22H36I4O8. The van der Waals surface area contributed by atoms with Crippen LogP contribution < -0.4 is 0 Å². The van der Waals surface area contributed by atoms with Gasteiger partial charge in [0, 0.05) is 56.2 Å². The van der Waals surface area contributed by atoms with Gasteiger partial charge in [-0.05, 0) is 0 Å². The summed E-state index contributed by atoms with van der Waals surface area (Å²) in [5, 5.41) is 41.0. The van der Waals surface area contributed by atoms with Crippen LogP contribution in [0.25, 0.3) is 0 Å². The van der Waals surface area contributed by atoms with E-state index >= 15 is 0 Å². The zero-order chi connectivity index (χ0) is 25.0. The number of hydrogen-bond acceptors (Lipinski definition) is 8. The molecule has 4 aliphatic carbocycles. The summed E-state index contributed by atoms with van der Waals surface area (Å²) < 4.78 is 28.2. The molecule has 0 heterocycles. The molecule has 4 fully saturated rings. The molecule has 8 nitrogen and oxygen atoms in total. The number of alkyl halides is 4. The van der Waals surface area contributed by atoms with E-state index in [0.29, 0.717) is 56.2 Å². The van der Waals surface area contributed by atoms with Gasteiger partial charge in [-0.25, -0.2) is 0 Å². The summed E-state index contributed by atoms with van der Waals surface area (Å²) in [4.78, 5) is 0. The summed E-state index contributed by atoms with van der Waals surface area (Å²) in [6, 6.07) is 0. The van der Waals surface area contributed by atoms with E-state index in [1.54, 1.807) is 0 Å². The van der Waals surface area contributed by atoms with Gasteiger partial charge in [-0.3, -0.25) is 0 Å². The molecule has 200 valence electrons. The molecular weight excluding hydrogens is 900 g/mol. The van der Waals surface area contributed by atoms with E-state index < -0.39 is 46.8 Å². The predicted molar refractivity (Wildman–Crippen MR) is 162 cm³/mol. The summed E-state index contributed by atoms with van der Waals surface area (Å²) in [6.45, 7) is 0.866. The molecule has 0 spiro atoms. The SMILES string of the molecule is OC(CI)COC12CC3(OCC(O)CI)CC(OCC(O)CI)(C1)CC(OCC(O)CI)(C2)C3. The fourth-order valence-corrected chi connectivity index (χ4v) is 7.17. The number of ether oxygens (including phenoxy) is 4. The third-order valence-corrected chi connectivity index (χ3v) is 11.0. The van der Waals surface area contributed by atoms with E-state index in [0.717, 1.165) is 0 Å². The number of aliphatic hydroxyl groups is 4. The second-order valence-corrected chi connectivity index (χ2v) is 13.8. The maximum atomic E-state index is 10.2. The van der Waals surface area contributed by atoms with Gasteiger partial charge in [0.15, 0.2) is 0 Å². The molecule has 0 amide bonds. The summed E-state index contributed by atoms with van der Waals surface area (Å²) in [5.74, 6) is 0. The lowest BCUT2D eigenvalue weighted by atomic mass is 9.48. The van der Waals surface area contributed by atoms with Gasteiger partial charge in [-0.2, -0.15) is 0 Å². The van der Waals surface area contributed by atoms with E-state index in [1.165, 1.54) is 0 Å². The highest BCUT2D eigenvalue weighted by molar-refractivity contribution is 14.1. The van der Waals surface area contributed by atoms with Crippen LogP contribution in [0.3, 0.4) is 0 Å². The molecule has 4 N–H and O–H groups in total. The van der Waals surface area contributed by atoms with Gasteiger partial charge in [-0.15, -0.1) is 0 Å². The standard InChI is InChI=1S/C22H36I4O8/c23-1-15(27)5-31-19-9-20(32-6-16(28)2-24)12-21(10-19,33-7-17(29)3-25)14-22(11-19,13-20)34-8-18(30)4-26/h15-18,27-30H,1-14H2. The summed E-state index contributed by atoms with van der Waals surface area (Å²) >= 11 is 8.59. The maximum Gasteiger partial charge on any atom is 0.0863 e. The lowest BCUT2D eigenvalue weighted by molar-refractivity contribution is -0.340. The van der Waals surface area contributed by atoms with Crippen molar-refractivity contribution in [3.63, 3.8) is 0 Å². The zero-order valence-corrected chi connectivity index (χ0v) is 27.8. The Labute approximate surface area is 256 Å². The van der Waals surface area contributed by atoms with Crippen molar-refractivity contribution in [3.05, 3.63) is 0 Å². The van der Waals surface area contributed by atoms with Gasteiger partial charge in [-0.1, -0.05) is 90.4 Å². The van der Waals surface area contributed by atoms with Gasteiger partial charge >= 0.3 is 0 Å². The van der Waals surface area contributed by atoms with Gasteiger partial charge < -0.3 is 39.4 Å². The quantitative estimate of drug-likeness (QED) is 0.138. The molecule has 4 unspecified atom stereocenters. The molecule has 0 aromatic rings. The first-order valence-corrected chi connectivity index (χ1v) is 17.7. The lowest BCUT2D eigenvalue weighted by Gasteiger charge is -2.68. The summed E-state index contributed by atoms with van der Waals surface area (Å²) in [6.07, 6.45) is 1.57. The Morgan fingerprint density at radius 1 is 0.441 bits per heavy atom. The molecule has 0 aromatic heterocycles. The first-order valence-electron chi connectivity index (χ1n) is 11.6. The third kappa shape index (κ3) is 7.84. The van der Waals surface area contributed by atoms with Crippen LogP contribution in [0.4, 0.5) is 0 Å². The average molecular weight is 936 g/mol. The monoisotopic (exact) mass is 936 g/mol. The molecule has 4 atom stereocenters. The molecule has 0 aliphatic heterocycles. The largest absolute Gasteiger partial charge is 0.390 e. The Morgan fingerprint density at radius 3 is 0.765 bits per heavy atom. The van der Waals surface area contributed by atoms with Crippen LogP contribution >= 0.6 is 90.4 Å². The number of halogens is 4. The Bertz CT molecular complexity index is 515. The summed E-state index contributed by atoms with van der Waals surface area (Å²) in [5.41, 5.74) is -2.44. The van der Waals surface area contributed by atoms with Crippen molar-refractivity contribution in [2.24, 2.45) is 0 Å². The van der Waals surface area contributed by atoms with Crippen molar-refractivity contribution >= 4 is 90.4 Å². The van der Waals surface area contributed by atoms with Crippen molar-refractivity contribution in [2.75, 3.05) is 44.1 Å². The minimum Gasteiger partial charge on any atom is -0.390 e. The Hall–Kier alpha value is 2.60. The van der Waals surface area contributed by atoms with Crippen LogP contribution in [0.5, 0.6) is 0 Å². The molecule has 4 saturated carbocycles. The second-order valence-electron chi connectivity index (χ2n) is 10.3. The van der Waals surface area contributed by atoms with Gasteiger partial charge in [0.05, 0.1) is 73.2 Å². The first kappa shape index (κ1) is 31.1. The maximum absolute atomic E-state index is 10.2. The minimum absolute atomic E-state index is 0.217. The molecule has 0 radical (unpaired) electrons. The number of aliphatic hydroxyl groups excluding tert-OH is 4. The zero-order valence-electron chi connectivity index (χ0n) is 19.1. The van der Waals surface area contributed by atoms with E-state index in [9.17, 15) is 20.4 Å². The van der Waals surface area contributed by atoms with Crippen molar-refractivity contribution in [1.82, 2.24) is 0 Å². The Kier molecular flexibility index (Phi) is 12.2.